The molecular formula is C28H31FN8O5. The highest BCUT2D eigenvalue weighted by molar-refractivity contribution is 6.42. The largest absolute Gasteiger partial charge is 0.466 e. The molecule has 0 aromatic carbocycles. The van der Waals surface area contributed by atoms with Crippen molar-refractivity contribution < 1.29 is 28.3 Å². The van der Waals surface area contributed by atoms with E-state index in [0.29, 0.717) is 55.1 Å². The Morgan fingerprint density at radius 1 is 1.05 bits per heavy atom. The number of aromatic nitrogens is 5. The van der Waals surface area contributed by atoms with Crippen molar-refractivity contribution in [1.82, 2.24) is 35.2 Å². The molecule has 3 aromatic heterocycles. The molecule has 2 aliphatic rings. The minimum Gasteiger partial charge on any atom is -0.466 e. The number of esters is 1. The van der Waals surface area contributed by atoms with Crippen molar-refractivity contribution in [2.45, 2.75) is 32.6 Å². The van der Waals surface area contributed by atoms with Crippen LogP contribution >= 0.6 is 0 Å². The Kier molecular flexibility index (Phi) is 8.69. The number of amides is 1. The number of aromatic amines is 1. The van der Waals surface area contributed by atoms with E-state index in [4.69, 9.17) is 4.74 Å². The van der Waals surface area contributed by atoms with Gasteiger partial charge < -0.3 is 24.8 Å². The van der Waals surface area contributed by atoms with Crippen molar-refractivity contribution in [2.75, 3.05) is 44.2 Å². The number of fused-ring (bicyclic) bond motifs is 1. The number of piperazine rings is 1. The first-order valence-electron chi connectivity index (χ1n) is 13.8. The molecule has 220 valence electrons. The molecule has 0 saturated carbocycles. The number of carbonyl (C=O) groups is 4. The number of rotatable bonds is 11. The van der Waals surface area contributed by atoms with Gasteiger partial charge in [0, 0.05) is 56.6 Å². The minimum absolute atomic E-state index is 0.0372. The van der Waals surface area contributed by atoms with E-state index in [1.54, 1.807) is 31.5 Å². The molecule has 0 aliphatic carbocycles. The van der Waals surface area contributed by atoms with Crippen molar-refractivity contribution in [2.24, 2.45) is 0 Å². The molecule has 42 heavy (non-hydrogen) atoms. The predicted molar refractivity (Wildman–Crippen MR) is 148 cm³/mol. The van der Waals surface area contributed by atoms with Gasteiger partial charge in [-0.3, -0.25) is 19.2 Å². The van der Waals surface area contributed by atoms with Crippen molar-refractivity contribution in [1.29, 1.82) is 0 Å². The van der Waals surface area contributed by atoms with E-state index in [0.717, 1.165) is 0 Å². The molecule has 2 aliphatic heterocycles. The first-order chi connectivity index (χ1) is 20.4. The van der Waals surface area contributed by atoms with Gasteiger partial charge in [-0.05, 0) is 31.9 Å². The molecule has 1 fully saturated rings. The van der Waals surface area contributed by atoms with Crippen LogP contribution in [0.2, 0.25) is 0 Å². The van der Waals surface area contributed by atoms with Crippen molar-refractivity contribution in [3.05, 3.63) is 58.6 Å². The van der Waals surface area contributed by atoms with Gasteiger partial charge in [0.25, 0.3) is 11.7 Å². The summed E-state index contributed by atoms with van der Waals surface area (Å²) in [6.45, 7) is 3.09. The summed E-state index contributed by atoms with van der Waals surface area (Å²) in [7, 11) is 0. The van der Waals surface area contributed by atoms with Gasteiger partial charge in [-0.15, -0.1) is 5.10 Å². The second-order valence-corrected chi connectivity index (χ2v) is 9.83. The van der Waals surface area contributed by atoms with E-state index in [1.807, 2.05) is 4.90 Å². The van der Waals surface area contributed by atoms with E-state index in [-0.39, 0.29) is 55.0 Å². The lowest BCUT2D eigenvalue weighted by molar-refractivity contribution is -0.143. The number of hydrogen-bond donors (Lipinski definition) is 2. The highest BCUT2D eigenvalue weighted by Gasteiger charge is 2.31. The number of pyridine rings is 1. The highest BCUT2D eigenvalue weighted by Crippen LogP contribution is 2.22. The lowest BCUT2D eigenvalue weighted by Gasteiger charge is -2.35. The normalized spacial score (nSPS) is 14.8. The van der Waals surface area contributed by atoms with E-state index in [2.05, 4.69) is 25.6 Å². The molecule has 1 amide bonds. The fourth-order valence-corrected chi connectivity index (χ4v) is 5.10. The summed E-state index contributed by atoms with van der Waals surface area (Å²) in [6, 6.07) is 3.42. The van der Waals surface area contributed by atoms with E-state index < -0.39 is 17.5 Å². The number of halogens is 1. The lowest BCUT2D eigenvalue weighted by Crippen LogP contribution is -2.52. The molecule has 13 nitrogen and oxygen atoms in total. The number of ether oxygens (including phenoxy) is 1. The molecule has 5 rings (SSSR count). The Morgan fingerprint density at radius 3 is 2.57 bits per heavy atom. The number of unbranched alkanes of at least 4 members (excludes halogenated alkanes) is 1. The number of H-pyrrole nitrogens is 1. The number of hydrogen-bond acceptors (Lipinski definition) is 10. The fraction of sp³-hybridized carbons (Fsp3) is 0.393. The van der Waals surface area contributed by atoms with Gasteiger partial charge in [0.2, 0.25) is 0 Å². The predicted octanol–water partition coefficient (Wildman–Crippen LogP) is 0.134. The zero-order chi connectivity index (χ0) is 29.6. The Hall–Kier alpha value is -4.88. The minimum atomic E-state index is -0.813. The van der Waals surface area contributed by atoms with E-state index in [1.165, 1.54) is 22.0 Å². The first kappa shape index (κ1) is 28.6. The first-order valence-corrected chi connectivity index (χ1v) is 13.8. The zero-order valence-electron chi connectivity index (χ0n) is 23.1. The average molecular weight is 579 g/mol. The number of anilines is 1. The van der Waals surface area contributed by atoms with Crippen molar-refractivity contribution in [3.63, 3.8) is 0 Å². The smallest absolute Gasteiger partial charge is 0.305 e. The van der Waals surface area contributed by atoms with Crippen LogP contribution in [0, 0.1) is 0 Å². The van der Waals surface area contributed by atoms with Gasteiger partial charge in [0.05, 0.1) is 42.0 Å². The number of Topliss-reactive ketones (excluding diaryl/α,β-unsaturated/α-hetero) is 2. The van der Waals surface area contributed by atoms with Crippen LogP contribution in [0.5, 0.6) is 0 Å². The summed E-state index contributed by atoms with van der Waals surface area (Å²) in [5, 5.41) is 10.9. The maximum Gasteiger partial charge on any atom is 0.305 e. The van der Waals surface area contributed by atoms with Gasteiger partial charge in [0.15, 0.2) is 11.6 Å². The summed E-state index contributed by atoms with van der Waals surface area (Å²) in [5.41, 5.74) is 0.428. The lowest BCUT2D eigenvalue weighted by atomic mass is 10.0. The van der Waals surface area contributed by atoms with Crippen LogP contribution in [0.3, 0.4) is 0 Å². The third-order valence-electron chi connectivity index (χ3n) is 7.18. The van der Waals surface area contributed by atoms with E-state index >= 15 is 0 Å². The van der Waals surface area contributed by atoms with Gasteiger partial charge in [0.1, 0.15) is 11.6 Å². The third kappa shape index (κ3) is 5.92. The summed E-state index contributed by atoms with van der Waals surface area (Å²) < 4.78 is 21.2. The monoisotopic (exact) mass is 578 g/mol. The maximum absolute atomic E-state index is 14.9. The molecule has 0 atom stereocenters. The van der Waals surface area contributed by atoms with Crippen molar-refractivity contribution >= 4 is 40.9 Å². The highest BCUT2D eigenvalue weighted by atomic mass is 19.1. The number of ketones is 2. The van der Waals surface area contributed by atoms with Crippen LogP contribution in [-0.2, 0) is 14.3 Å². The SMILES string of the molecule is CCOC(=O)CCCCC(=O)c1cccnc1N1CCN(C(=O)C(=O)c2c[nH]c3c2=C(F)CNC=3n2ccnn2)CC1. The Labute approximate surface area is 240 Å². The molecule has 0 unspecified atom stereocenters. The number of nitrogens with one attached hydrogen (secondary N) is 2. The van der Waals surface area contributed by atoms with Crippen LogP contribution in [0.4, 0.5) is 10.2 Å². The van der Waals surface area contributed by atoms with Gasteiger partial charge in [-0.1, -0.05) is 5.21 Å². The molecular weight excluding hydrogens is 547 g/mol. The molecule has 14 heteroatoms. The van der Waals surface area contributed by atoms with Crippen LogP contribution in [0.25, 0.3) is 11.6 Å². The van der Waals surface area contributed by atoms with Crippen molar-refractivity contribution in [3.8, 4) is 0 Å². The van der Waals surface area contributed by atoms with E-state index in [9.17, 15) is 23.6 Å². The number of carbonyl (C=O) groups excluding carboxylic acids is 4. The summed E-state index contributed by atoms with van der Waals surface area (Å²) in [4.78, 5) is 61.6. The quantitative estimate of drug-likeness (QED) is 0.139. The fourth-order valence-electron chi connectivity index (χ4n) is 5.10. The Morgan fingerprint density at radius 2 is 1.83 bits per heavy atom. The summed E-state index contributed by atoms with van der Waals surface area (Å²) in [5.74, 6) is -1.52. The molecule has 0 spiro atoms. The van der Waals surface area contributed by atoms with Crippen LogP contribution in [-0.4, -0.2) is 92.6 Å². The van der Waals surface area contributed by atoms with Gasteiger partial charge >= 0.3 is 5.97 Å². The third-order valence-corrected chi connectivity index (χ3v) is 7.18. The van der Waals surface area contributed by atoms with Gasteiger partial charge in [-0.2, -0.15) is 0 Å². The maximum atomic E-state index is 14.9. The second-order valence-electron chi connectivity index (χ2n) is 9.83. The summed E-state index contributed by atoms with van der Waals surface area (Å²) >= 11 is 0. The Balaban J connectivity index is 1.23. The molecule has 1 saturated heterocycles. The Bertz CT molecular complexity index is 1610. The molecule has 0 bridgehead atoms. The zero-order valence-corrected chi connectivity index (χ0v) is 23.1. The van der Waals surface area contributed by atoms with Crippen LogP contribution in [0.15, 0.2) is 36.9 Å². The standard InChI is InChI=1S/C28H31FN8O5/c1-2-42-22(39)8-4-3-7-21(38)18-6-5-9-30-26(18)35-12-14-36(15-13-35)28(41)25(40)19-16-31-24-23(19)20(29)17-32-27(24)37-11-10-33-34-37/h5-6,9-11,16,31-32H,2-4,7-8,12-15,17H2,1H3. The van der Waals surface area contributed by atoms with Crippen LogP contribution in [0.1, 0.15) is 53.3 Å². The molecule has 2 N–H and O–H groups in total. The van der Waals surface area contributed by atoms with Gasteiger partial charge in [-0.25, -0.2) is 14.1 Å². The molecule has 0 radical (unpaired) electrons. The topological polar surface area (TPSA) is 155 Å². The van der Waals surface area contributed by atoms with Crippen LogP contribution < -0.4 is 20.8 Å². The summed E-state index contributed by atoms with van der Waals surface area (Å²) in [6.07, 6.45) is 7.63. The second kappa shape index (κ2) is 12.7. The average Bonchev–Trinajstić information content (AvgIpc) is 3.71. The molecule has 5 heterocycles. The molecule has 3 aromatic rings. The number of nitrogens with zero attached hydrogens (tertiary/aromatic N) is 6.